The highest BCUT2D eigenvalue weighted by atomic mass is 16.5. The van der Waals surface area contributed by atoms with Crippen LogP contribution in [0.25, 0.3) is 22.0 Å². The molecule has 4 heteroatoms. The summed E-state index contributed by atoms with van der Waals surface area (Å²) in [5.41, 5.74) is 8.80. The fraction of sp³-hybridized carbons (Fsp3) is 0.0588. The Morgan fingerprint density at radius 3 is 2.57 bits per heavy atom. The van der Waals surface area contributed by atoms with E-state index < -0.39 is 0 Å². The van der Waals surface area contributed by atoms with Crippen LogP contribution in [0, 0.1) is 11.3 Å². The molecule has 1 aromatic heterocycles. The van der Waals surface area contributed by atoms with Gasteiger partial charge in [0.05, 0.1) is 12.6 Å². The number of methoxy groups -OCH3 is 1. The van der Waals surface area contributed by atoms with E-state index in [2.05, 4.69) is 11.1 Å². The molecule has 0 aliphatic heterocycles. The number of nitrogens with two attached hydrogens (primary N) is 1. The van der Waals surface area contributed by atoms with Crippen molar-refractivity contribution in [1.29, 1.82) is 5.26 Å². The molecule has 3 aromatic rings. The molecule has 0 saturated heterocycles. The quantitative estimate of drug-likeness (QED) is 0.778. The van der Waals surface area contributed by atoms with Gasteiger partial charge in [-0.3, -0.25) is 0 Å². The number of pyridine rings is 1. The van der Waals surface area contributed by atoms with Gasteiger partial charge in [0.1, 0.15) is 23.2 Å². The Balaban J connectivity index is 2.46. The van der Waals surface area contributed by atoms with Gasteiger partial charge in [-0.1, -0.05) is 30.3 Å². The van der Waals surface area contributed by atoms with Crippen LogP contribution in [0.5, 0.6) is 5.75 Å². The van der Waals surface area contributed by atoms with Crippen LogP contribution in [0.2, 0.25) is 0 Å². The van der Waals surface area contributed by atoms with Crippen LogP contribution in [0.15, 0.2) is 48.5 Å². The molecular weight excluding hydrogens is 262 g/mol. The average molecular weight is 275 g/mol. The lowest BCUT2D eigenvalue weighted by molar-refractivity contribution is 0.415. The van der Waals surface area contributed by atoms with E-state index in [4.69, 9.17) is 10.5 Å². The van der Waals surface area contributed by atoms with Crippen molar-refractivity contribution >= 4 is 16.7 Å². The first kappa shape index (κ1) is 12.9. The molecule has 21 heavy (non-hydrogen) atoms. The SMILES string of the molecule is COc1ccc2nc(N)c(C#N)c(-c3ccccc3)c2c1. The number of benzene rings is 2. The summed E-state index contributed by atoms with van der Waals surface area (Å²) in [6.07, 6.45) is 0. The van der Waals surface area contributed by atoms with E-state index in [1.807, 2.05) is 48.5 Å². The first-order chi connectivity index (χ1) is 10.2. The van der Waals surface area contributed by atoms with E-state index in [1.54, 1.807) is 7.11 Å². The van der Waals surface area contributed by atoms with E-state index in [0.29, 0.717) is 5.56 Å². The van der Waals surface area contributed by atoms with Crippen molar-refractivity contribution in [3.8, 4) is 22.9 Å². The minimum atomic E-state index is 0.244. The lowest BCUT2D eigenvalue weighted by atomic mass is 9.96. The third kappa shape index (κ3) is 2.15. The maximum absolute atomic E-state index is 9.45. The lowest BCUT2D eigenvalue weighted by Crippen LogP contribution is -1.99. The minimum Gasteiger partial charge on any atom is -0.497 e. The largest absolute Gasteiger partial charge is 0.497 e. The Bertz CT molecular complexity index is 851. The summed E-state index contributed by atoms with van der Waals surface area (Å²) in [6.45, 7) is 0. The van der Waals surface area contributed by atoms with E-state index in [0.717, 1.165) is 27.8 Å². The number of anilines is 1. The van der Waals surface area contributed by atoms with Gasteiger partial charge in [-0.05, 0) is 23.8 Å². The van der Waals surface area contributed by atoms with Crippen LogP contribution in [-0.2, 0) is 0 Å². The molecule has 1 heterocycles. The summed E-state index contributed by atoms with van der Waals surface area (Å²) < 4.78 is 5.27. The topological polar surface area (TPSA) is 71.9 Å². The standard InChI is InChI=1S/C17H13N3O/c1-21-12-7-8-15-13(9-12)16(11-5-3-2-4-6-11)14(10-18)17(19)20-15/h2-9H,1H3,(H2,19,20). The van der Waals surface area contributed by atoms with Crippen LogP contribution in [0.4, 0.5) is 5.82 Å². The van der Waals surface area contributed by atoms with Crippen molar-refractivity contribution in [2.24, 2.45) is 0 Å². The Morgan fingerprint density at radius 2 is 1.90 bits per heavy atom. The molecule has 0 aliphatic rings. The van der Waals surface area contributed by atoms with Gasteiger partial charge in [-0.15, -0.1) is 0 Å². The maximum atomic E-state index is 9.45. The predicted molar refractivity (Wildman–Crippen MR) is 82.9 cm³/mol. The molecule has 0 saturated carbocycles. The molecule has 0 amide bonds. The van der Waals surface area contributed by atoms with Crippen molar-refractivity contribution < 1.29 is 4.74 Å². The van der Waals surface area contributed by atoms with Crippen LogP contribution in [0.1, 0.15) is 5.56 Å². The zero-order chi connectivity index (χ0) is 14.8. The van der Waals surface area contributed by atoms with Gasteiger partial charge in [0.2, 0.25) is 0 Å². The second-order valence-corrected chi connectivity index (χ2v) is 4.61. The highest BCUT2D eigenvalue weighted by Crippen LogP contribution is 2.35. The zero-order valence-electron chi connectivity index (χ0n) is 11.5. The molecule has 0 radical (unpaired) electrons. The molecule has 0 fully saturated rings. The van der Waals surface area contributed by atoms with Crippen LogP contribution < -0.4 is 10.5 Å². The number of rotatable bonds is 2. The van der Waals surface area contributed by atoms with E-state index in [1.165, 1.54) is 0 Å². The molecule has 0 unspecified atom stereocenters. The van der Waals surface area contributed by atoms with Gasteiger partial charge < -0.3 is 10.5 Å². The summed E-state index contributed by atoms with van der Waals surface area (Å²) in [5, 5.41) is 10.3. The monoisotopic (exact) mass is 275 g/mol. The Kier molecular flexibility index (Phi) is 3.17. The zero-order valence-corrected chi connectivity index (χ0v) is 11.5. The van der Waals surface area contributed by atoms with Gasteiger partial charge >= 0.3 is 0 Å². The average Bonchev–Trinajstić information content (AvgIpc) is 2.54. The number of hydrogen-bond acceptors (Lipinski definition) is 4. The van der Waals surface area contributed by atoms with E-state index in [9.17, 15) is 5.26 Å². The number of nitrogens with zero attached hydrogens (tertiary/aromatic N) is 2. The highest BCUT2D eigenvalue weighted by molar-refractivity contribution is 6.00. The second kappa shape index (κ2) is 5.14. The van der Waals surface area contributed by atoms with Crippen LogP contribution >= 0.6 is 0 Å². The predicted octanol–water partition coefficient (Wildman–Crippen LogP) is 3.36. The fourth-order valence-electron chi connectivity index (χ4n) is 2.41. The number of nitriles is 1. The highest BCUT2D eigenvalue weighted by Gasteiger charge is 2.15. The first-order valence-corrected chi connectivity index (χ1v) is 6.47. The summed E-state index contributed by atoms with van der Waals surface area (Å²) >= 11 is 0. The molecule has 102 valence electrons. The van der Waals surface area contributed by atoms with Crippen molar-refractivity contribution in [2.75, 3.05) is 12.8 Å². The van der Waals surface area contributed by atoms with Crippen molar-refractivity contribution in [3.63, 3.8) is 0 Å². The third-order valence-electron chi connectivity index (χ3n) is 3.39. The summed E-state index contributed by atoms with van der Waals surface area (Å²) in [4.78, 5) is 4.31. The minimum absolute atomic E-state index is 0.244. The summed E-state index contributed by atoms with van der Waals surface area (Å²) in [6, 6.07) is 17.4. The molecular formula is C17H13N3O. The summed E-state index contributed by atoms with van der Waals surface area (Å²) in [7, 11) is 1.61. The Morgan fingerprint density at radius 1 is 1.14 bits per heavy atom. The van der Waals surface area contributed by atoms with Crippen molar-refractivity contribution in [3.05, 3.63) is 54.1 Å². The number of hydrogen-bond donors (Lipinski definition) is 1. The van der Waals surface area contributed by atoms with E-state index >= 15 is 0 Å². The molecule has 2 aromatic carbocycles. The van der Waals surface area contributed by atoms with Crippen molar-refractivity contribution in [2.45, 2.75) is 0 Å². The van der Waals surface area contributed by atoms with Gasteiger partial charge in [-0.2, -0.15) is 5.26 Å². The van der Waals surface area contributed by atoms with Crippen LogP contribution in [-0.4, -0.2) is 12.1 Å². The smallest absolute Gasteiger partial charge is 0.142 e. The number of fused-ring (bicyclic) bond motifs is 1. The second-order valence-electron chi connectivity index (χ2n) is 4.61. The normalized spacial score (nSPS) is 10.3. The first-order valence-electron chi connectivity index (χ1n) is 6.47. The number of ether oxygens (including phenoxy) is 1. The van der Waals surface area contributed by atoms with Gasteiger partial charge in [0.15, 0.2) is 0 Å². The fourth-order valence-corrected chi connectivity index (χ4v) is 2.41. The number of nitrogen functional groups attached to an aromatic ring is 1. The van der Waals surface area contributed by atoms with E-state index in [-0.39, 0.29) is 5.82 Å². The molecule has 2 N–H and O–H groups in total. The number of aromatic nitrogens is 1. The van der Waals surface area contributed by atoms with Gasteiger partial charge in [-0.25, -0.2) is 4.98 Å². The van der Waals surface area contributed by atoms with Gasteiger partial charge in [0, 0.05) is 10.9 Å². The van der Waals surface area contributed by atoms with Gasteiger partial charge in [0.25, 0.3) is 0 Å². The molecule has 0 aliphatic carbocycles. The molecule has 3 rings (SSSR count). The van der Waals surface area contributed by atoms with Crippen LogP contribution in [0.3, 0.4) is 0 Å². The Hall–Kier alpha value is -3.06. The molecule has 0 atom stereocenters. The van der Waals surface area contributed by atoms with Crippen molar-refractivity contribution in [1.82, 2.24) is 4.98 Å². The third-order valence-corrected chi connectivity index (χ3v) is 3.39. The molecule has 0 spiro atoms. The summed E-state index contributed by atoms with van der Waals surface area (Å²) in [5.74, 6) is 0.962. The molecule has 0 bridgehead atoms. The molecule has 4 nitrogen and oxygen atoms in total. The maximum Gasteiger partial charge on any atom is 0.142 e. The Labute approximate surface area is 122 Å². The lowest BCUT2D eigenvalue weighted by Gasteiger charge is -2.12.